The summed E-state index contributed by atoms with van der Waals surface area (Å²) >= 11 is 3.66. The van der Waals surface area contributed by atoms with Crippen molar-refractivity contribution in [1.82, 2.24) is 25.1 Å². The first-order valence-corrected chi connectivity index (χ1v) is 8.86. The van der Waals surface area contributed by atoms with Crippen LogP contribution in [0.1, 0.15) is 11.7 Å². The van der Waals surface area contributed by atoms with Gasteiger partial charge in [0.1, 0.15) is 10.4 Å². The number of benzene rings is 1. The third-order valence-electron chi connectivity index (χ3n) is 4.44. The maximum atomic E-state index is 4.69. The average Bonchev–Trinajstić information content (AvgIpc) is 2.96. The van der Waals surface area contributed by atoms with Crippen LogP contribution in [0.15, 0.2) is 34.9 Å². The zero-order valence-electron chi connectivity index (χ0n) is 13.7. The molecule has 1 aromatic heterocycles. The van der Waals surface area contributed by atoms with E-state index in [1.165, 1.54) is 0 Å². The summed E-state index contributed by atoms with van der Waals surface area (Å²) in [6.45, 7) is 5.28. The third kappa shape index (κ3) is 3.83. The van der Waals surface area contributed by atoms with Gasteiger partial charge in [0.15, 0.2) is 0 Å². The van der Waals surface area contributed by atoms with Crippen molar-refractivity contribution in [3.05, 3.63) is 40.6 Å². The number of halogens is 1. The molecule has 124 valence electrons. The van der Waals surface area contributed by atoms with Gasteiger partial charge in [-0.25, -0.2) is 4.98 Å². The lowest BCUT2D eigenvalue weighted by atomic mass is 10.1. The minimum atomic E-state index is 0.299. The van der Waals surface area contributed by atoms with Crippen LogP contribution < -0.4 is 5.32 Å². The highest BCUT2D eigenvalue weighted by atomic mass is 79.9. The molecule has 1 fully saturated rings. The Labute approximate surface area is 146 Å². The van der Waals surface area contributed by atoms with Crippen molar-refractivity contribution in [2.75, 3.05) is 46.8 Å². The van der Waals surface area contributed by atoms with E-state index in [0.29, 0.717) is 6.04 Å². The number of likely N-dealkylation sites (N-methyl/N-ethyl adjacent to an activating group) is 2. The van der Waals surface area contributed by atoms with Gasteiger partial charge < -0.3 is 15.2 Å². The molecule has 0 spiro atoms. The number of aromatic amines is 1. The quantitative estimate of drug-likeness (QED) is 0.839. The van der Waals surface area contributed by atoms with E-state index >= 15 is 0 Å². The minimum absolute atomic E-state index is 0.299. The first-order chi connectivity index (χ1) is 11.2. The van der Waals surface area contributed by atoms with Gasteiger partial charge in [0.05, 0.1) is 11.7 Å². The first-order valence-electron chi connectivity index (χ1n) is 8.07. The molecule has 0 amide bonds. The van der Waals surface area contributed by atoms with Crippen LogP contribution in [0.5, 0.6) is 0 Å². The number of nitrogens with one attached hydrogen (secondary N) is 2. The molecular formula is C17H24BrN5. The molecule has 5 nitrogen and oxygen atoms in total. The highest BCUT2D eigenvalue weighted by Crippen LogP contribution is 2.29. The van der Waals surface area contributed by atoms with Gasteiger partial charge >= 0.3 is 0 Å². The van der Waals surface area contributed by atoms with Crippen LogP contribution in [0.3, 0.4) is 0 Å². The summed E-state index contributed by atoms with van der Waals surface area (Å²) in [4.78, 5) is 13.1. The minimum Gasteiger partial charge on any atom is -0.340 e. The van der Waals surface area contributed by atoms with Gasteiger partial charge in [-0.05, 0) is 30.0 Å². The summed E-state index contributed by atoms with van der Waals surface area (Å²) in [6.07, 6.45) is 0. The zero-order chi connectivity index (χ0) is 16.2. The van der Waals surface area contributed by atoms with Crippen LogP contribution >= 0.6 is 15.9 Å². The van der Waals surface area contributed by atoms with Crippen molar-refractivity contribution in [1.29, 1.82) is 0 Å². The van der Waals surface area contributed by atoms with Crippen molar-refractivity contribution in [3.8, 4) is 11.4 Å². The Balaban J connectivity index is 1.86. The molecule has 23 heavy (non-hydrogen) atoms. The van der Waals surface area contributed by atoms with Crippen LogP contribution in [0.2, 0.25) is 0 Å². The van der Waals surface area contributed by atoms with Crippen LogP contribution in [-0.2, 0) is 0 Å². The Hall–Kier alpha value is -1.21. The predicted molar refractivity (Wildman–Crippen MR) is 97.5 cm³/mol. The van der Waals surface area contributed by atoms with Crippen molar-refractivity contribution in [2.24, 2.45) is 0 Å². The zero-order valence-corrected chi connectivity index (χ0v) is 15.3. The molecule has 0 saturated carbocycles. The molecule has 3 rings (SSSR count). The summed E-state index contributed by atoms with van der Waals surface area (Å²) in [7, 11) is 4.19. The number of hydrogen-bond acceptors (Lipinski definition) is 4. The van der Waals surface area contributed by atoms with Gasteiger partial charge in [0, 0.05) is 38.3 Å². The molecule has 1 aromatic carbocycles. The lowest BCUT2D eigenvalue weighted by molar-refractivity contribution is 0.109. The monoisotopic (exact) mass is 377 g/mol. The normalized spacial score (nSPS) is 18.2. The first kappa shape index (κ1) is 16.6. The molecule has 1 unspecified atom stereocenters. The molecule has 1 atom stereocenters. The maximum absolute atomic E-state index is 4.69. The Bertz CT molecular complexity index is 619. The predicted octanol–water partition coefficient (Wildman–Crippen LogP) is 2.35. The Morgan fingerprint density at radius 1 is 1.22 bits per heavy atom. The van der Waals surface area contributed by atoms with Crippen molar-refractivity contribution < 1.29 is 0 Å². The summed E-state index contributed by atoms with van der Waals surface area (Å²) in [6, 6.07) is 10.6. The number of hydrogen-bond donors (Lipinski definition) is 2. The molecule has 2 N–H and O–H groups in total. The third-order valence-corrected chi connectivity index (χ3v) is 5.05. The standard InChI is InChI=1S/C17H24BrN5/c1-19-12-14(23-10-8-22(2)9-11-23)15-16(18)21-17(20-15)13-6-4-3-5-7-13/h3-7,14,19H,8-12H2,1-2H3,(H,20,21). The van der Waals surface area contributed by atoms with Crippen molar-refractivity contribution >= 4 is 15.9 Å². The van der Waals surface area contributed by atoms with Crippen molar-refractivity contribution in [2.45, 2.75) is 6.04 Å². The lowest BCUT2D eigenvalue weighted by Gasteiger charge is -2.37. The Kier molecular flexibility index (Phi) is 5.48. The number of imidazole rings is 1. The lowest BCUT2D eigenvalue weighted by Crippen LogP contribution is -2.48. The topological polar surface area (TPSA) is 47.2 Å². The second-order valence-corrected chi connectivity index (χ2v) is 6.82. The number of piperazine rings is 1. The second kappa shape index (κ2) is 7.57. The Morgan fingerprint density at radius 3 is 2.57 bits per heavy atom. The summed E-state index contributed by atoms with van der Waals surface area (Å²) in [5.41, 5.74) is 2.27. The van der Waals surface area contributed by atoms with E-state index in [0.717, 1.165) is 54.4 Å². The van der Waals surface area contributed by atoms with E-state index in [4.69, 9.17) is 4.98 Å². The fourth-order valence-corrected chi connectivity index (χ4v) is 3.60. The van der Waals surface area contributed by atoms with Gasteiger partial charge in [-0.1, -0.05) is 30.3 Å². The molecule has 0 bridgehead atoms. The maximum Gasteiger partial charge on any atom is 0.138 e. The van der Waals surface area contributed by atoms with E-state index in [1.807, 2.05) is 25.2 Å². The highest BCUT2D eigenvalue weighted by Gasteiger charge is 2.27. The summed E-state index contributed by atoms with van der Waals surface area (Å²) in [5, 5.41) is 3.33. The second-order valence-electron chi connectivity index (χ2n) is 6.07. The molecule has 1 saturated heterocycles. The number of H-pyrrole nitrogens is 1. The van der Waals surface area contributed by atoms with Crippen molar-refractivity contribution in [3.63, 3.8) is 0 Å². The number of rotatable bonds is 5. The van der Waals surface area contributed by atoms with Crippen LogP contribution in [0.4, 0.5) is 0 Å². The Morgan fingerprint density at radius 2 is 1.91 bits per heavy atom. The molecule has 2 heterocycles. The number of nitrogens with zero attached hydrogens (tertiary/aromatic N) is 3. The van der Waals surface area contributed by atoms with Crippen LogP contribution in [-0.4, -0.2) is 66.6 Å². The van der Waals surface area contributed by atoms with Gasteiger partial charge in [0.25, 0.3) is 0 Å². The highest BCUT2D eigenvalue weighted by molar-refractivity contribution is 9.10. The van der Waals surface area contributed by atoms with Gasteiger partial charge in [-0.3, -0.25) is 4.90 Å². The number of aromatic nitrogens is 2. The van der Waals surface area contributed by atoms with E-state index < -0.39 is 0 Å². The smallest absolute Gasteiger partial charge is 0.138 e. The average molecular weight is 378 g/mol. The van der Waals surface area contributed by atoms with E-state index in [9.17, 15) is 0 Å². The van der Waals surface area contributed by atoms with E-state index in [2.05, 4.69) is 55.2 Å². The van der Waals surface area contributed by atoms with Gasteiger partial charge in [-0.2, -0.15) is 0 Å². The van der Waals surface area contributed by atoms with Crippen LogP contribution in [0.25, 0.3) is 11.4 Å². The molecule has 2 aromatic rings. The molecule has 1 aliphatic rings. The summed E-state index contributed by atoms with van der Waals surface area (Å²) in [5.74, 6) is 0.919. The van der Waals surface area contributed by atoms with E-state index in [-0.39, 0.29) is 0 Å². The van der Waals surface area contributed by atoms with E-state index in [1.54, 1.807) is 0 Å². The van der Waals surface area contributed by atoms with Crippen LogP contribution in [0, 0.1) is 0 Å². The molecule has 0 radical (unpaired) electrons. The van der Waals surface area contributed by atoms with Gasteiger partial charge in [-0.15, -0.1) is 0 Å². The fourth-order valence-electron chi connectivity index (χ4n) is 3.06. The molecule has 0 aliphatic carbocycles. The fraction of sp³-hybridized carbons (Fsp3) is 0.471. The van der Waals surface area contributed by atoms with Gasteiger partial charge in [0.2, 0.25) is 0 Å². The summed E-state index contributed by atoms with van der Waals surface area (Å²) < 4.78 is 0.913. The SMILES string of the molecule is CNCC(c1[nH]c(-c2ccccc2)nc1Br)N1CCN(C)CC1. The molecule has 6 heteroatoms. The molecule has 1 aliphatic heterocycles. The largest absolute Gasteiger partial charge is 0.340 e. The molecular weight excluding hydrogens is 354 g/mol.